The number of nitrogens with zero attached hydrogens (tertiary/aromatic N) is 2. The van der Waals surface area contributed by atoms with Crippen LogP contribution >= 0.6 is 11.3 Å². The van der Waals surface area contributed by atoms with E-state index in [1.165, 1.54) is 22.5 Å². The van der Waals surface area contributed by atoms with Crippen molar-refractivity contribution in [3.63, 3.8) is 0 Å². The largest absolute Gasteiger partial charge is 0.491 e. The Hall–Kier alpha value is -2.13. The van der Waals surface area contributed by atoms with Crippen LogP contribution in [0, 0.1) is 0 Å². The van der Waals surface area contributed by atoms with E-state index in [0.717, 1.165) is 24.1 Å². The molecule has 1 saturated heterocycles. The quantitative estimate of drug-likeness (QED) is 0.644. The van der Waals surface area contributed by atoms with Gasteiger partial charge in [-0.1, -0.05) is 39.8 Å². The second-order valence-electron chi connectivity index (χ2n) is 9.80. The van der Waals surface area contributed by atoms with Gasteiger partial charge in [0, 0.05) is 24.0 Å². The molecule has 32 heavy (non-hydrogen) atoms. The molecule has 0 radical (unpaired) electrons. The number of carbonyl (C=O) groups excluding carboxylic acids is 1. The van der Waals surface area contributed by atoms with Crippen LogP contribution < -0.4 is 10.2 Å². The molecule has 1 fully saturated rings. The predicted octanol–water partition coefficient (Wildman–Crippen LogP) is 5.00. The number of piperazine rings is 1. The lowest BCUT2D eigenvalue weighted by Gasteiger charge is -2.42. The third-order valence-electron chi connectivity index (χ3n) is 6.56. The second kappa shape index (κ2) is 8.02. The molecule has 0 spiro atoms. The molecular weight excluding hydrogens is 439 g/mol. The first-order chi connectivity index (χ1) is 14.9. The fourth-order valence-corrected chi connectivity index (χ4v) is 5.37. The number of halogens is 3. The van der Waals surface area contributed by atoms with Gasteiger partial charge in [0.1, 0.15) is 0 Å². The van der Waals surface area contributed by atoms with Crippen LogP contribution in [0.1, 0.15) is 51.7 Å². The molecule has 2 heterocycles. The number of anilines is 1. The molecule has 1 aromatic heterocycles. The summed E-state index contributed by atoms with van der Waals surface area (Å²) in [5.41, 5.74) is 4.61. The van der Waals surface area contributed by atoms with Crippen LogP contribution in [0.3, 0.4) is 0 Å². The van der Waals surface area contributed by atoms with Crippen molar-refractivity contribution in [3.8, 4) is 11.3 Å². The van der Waals surface area contributed by atoms with Crippen LogP contribution in [0.15, 0.2) is 23.6 Å². The number of thiazole rings is 1. The fourth-order valence-electron chi connectivity index (χ4n) is 4.47. The molecule has 1 atom stereocenters. The summed E-state index contributed by atoms with van der Waals surface area (Å²) in [6.07, 6.45) is -3.85. The van der Waals surface area contributed by atoms with Gasteiger partial charge in [-0.25, -0.2) is 9.78 Å². The molecule has 0 bridgehead atoms. The van der Waals surface area contributed by atoms with Gasteiger partial charge in [0.2, 0.25) is 0 Å². The number of ether oxygens (including phenoxy) is 1. The van der Waals surface area contributed by atoms with Gasteiger partial charge in [0.15, 0.2) is 11.4 Å². The average Bonchev–Trinajstić information content (AvgIpc) is 3.21. The summed E-state index contributed by atoms with van der Waals surface area (Å²) in [5.74, 6) is -2.19. The van der Waals surface area contributed by atoms with E-state index in [0.29, 0.717) is 18.2 Å². The van der Waals surface area contributed by atoms with Gasteiger partial charge in [-0.05, 0) is 40.9 Å². The fraction of sp³-hybridized carbons (Fsp3) is 0.565. The Morgan fingerprint density at radius 2 is 1.88 bits per heavy atom. The topological polar surface area (TPSA) is 54.5 Å². The molecule has 174 valence electrons. The third kappa shape index (κ3) is 4.37. The highest BCUT2D eigenvalue weighted by Gasteiger charge is 2.44. The first kappa shape index (κ1) is 23.0. The average molecular weight is 468 g/mol. The second-order valence-corrected chi connectivity index (χ2v) is 10.6. The molecule has 4 rings (SSSR count). The maximum Gasteiger partial charge on any atom is 0.491 e. The van der Waals surface area contributed by atoms with Crippen molar-refractivity contribution in [2.75, 3.05) is 24.5 Å². The molecule has 9 heteroatoms. The Morgan fingerprint density at radius 1 is 1.19 bits per heavy atom. The smallest absolute Gasteiger partial charge is 0.433 e. The SMILES string of the molecule is CC1(C)CCC(C)(C)c2cc(-c3csc(N4CCNCC4OC(=O)C(F)(F)F)n3)ccc21. The van der Waals surface area contributed by atoms with Crippen molar-refractivity contribution < 1.29 is 22.7 Å². The van der Waals surface area contributed by atoms with Crippen molar-refractivity contribution in [2.24, 2.45) is 0 Å². The van der Waals surface area contributed by atoms with Crippen LogP contribution in [-0.4, -0.2) is 43.0 Å². The van der Waals surface area contributed by atoms with Crippen molar-refractivity contribution in [1.29, 1.82) is 0 Å². The third-order valence-corrected chi connectivity index (χ3v) is 7.43. The molecule has 0 saturated carbocycles. The number of nitrogens with one attached hydrogen (secondary N) is 1. The molecule has 1 aromatic carbocycles. The van der Waals surface area contributed by atoms with E-state index < -0.39 is 18.4 Å². The minimum atomic E-state index is -5.03. The summed E-state index contributed by atoms with van der Waals surface area (Å²) in [4.78, 5) is 17.7. The highest BCUT2D eigenvalue weighted by atomic mass is 32.1. The minimum absolute atomic E-state index is 0.0646. The summed E-state index contributed by atoms with van der Waals surface area (Å²) >= 11 is 1.34. The number of benzene rings is 1. The molecule has 0 amide bonds. The first-order valence-electron chi connectivity index (χ1n) is 10.7. The zero-order chi connectivity index (χ0) is 23.3. The molecule has 1 N–H and O–H groups in total. The van der Waals surface area contributed by atoms with E-state index in [1.54, 1.807) is 4.90 Å². The van der Waals surface area contributed by atoms with Crippen LogP contribution in [0.5, 0.6) is 0 Å². The molecule has 2 aliphatic rings. The molecule has 1 aliphatic heterocycles. The van der Waals surface area contributed by atoms with Crippen molar-refractivity contribution >= 4 is 22.4 Å². The van der Waals surface area contributed by atoms with Crippen molar-refractivity contribution in [2.45, 2.75) is 63.8 Å². The van der Waals surface area contributed by atoms with Crippen LogP contribution in [-0.2, 0) is 20.4 Å². The predicted molar refractivity (Wildman–Crippen MR) is 119 cm³/mol. The lowest BCUT2D eigenvalue weighted by Crippen LogP contribution is -2.54. The van der Waals surface area contributed by atoms with E-state index in [1.807, 2.05) is 5.38 Å². The van der Waals surface area contributed by atoms with E-state index >= 15 is 0 Å². The van der Waals surface area contributed by atoms with E-state index in [4.69, 9.17) is 9.72 Å². The van der Waals surface area contributed by atoms with E-state index in [9.17, 15) is 18.0 Å². The van der Waals surface area contributed by atoms with E-state index in [2.05, 4.69) is 51.2 Å². The molecule has 2 aromatic rings. The maximum absolute atomic E-state index is 12.7. The maximum atomic E-state index is 12.7. The summed E-state index contributed by atoms with van der Waals surface area (Å²) in [6.45, 7) is 10.1. The Balaban J connectivity index is 1.62. The summed E-state index contributed by atoms with van der Waals surface area (Å²) in [7, 11) is 0. The van der Waals surface area contributed by atoms with E-state index in [-0.39, 0.29) is 17.4 Å². The van der Waals surface area contributed by atoms with Gasteiger partial charge in [0.25, 0.3) is 0 Å². The summed E-state index contributed by atoms with van der Waals surface area (Å²) in [5, 5.41) is 5.42. The number of aromatic nitrogens is 1. The minimum Gasteiger partial charge on any atom is -0.433 e. The van der Waals surface area contributed by atoms with Gasteiger partial charge in [-0.3, -0.25) is 0 Å². The van der Waals surface area contributed by atoms with Gasteiger partial charge in [-0.15, -0.1) is 11.3 Å². The lowest BCUT2D eigenvalue weighted by atomic mass is 9.63. The zero-order valence-electron chi connectivity index (χ0n) is 18.7. The van der Waals surface area contributed by atoms with Crippen molar-refractivity contribution in [1.82, 2.24) is 10.3 Å². The first-order valence-corrected chi connectivity index (χ1v) is 11.6. The molecule has 1 unspecified atom stereocenters. The Kier molecular flexibility index (Phi) is 5.78. The monoisotopic (exact) mass is 467 g/mol. The highest BCUT2D eigenvalue weighted by molar-refractivity contribution is 7.14. The number of esters is 1. The number of carbonyl (C=O) groups is 1. The number of fused-ring (bicyclic) bond motifs is 1. The number of alkyl halides is 3. The zero-order valence-corrected chi connectivity index (χ0v) is 19.5. The normalized spacial score (nSPS) is 22.3. The Labute approximate surface area is 190 Å². The number of rotatable bonds is 3. The van der Waals surface area contributed by atoms with Gasteiger partial charge >= 0.3 is 12.1 Å². The van der Waals surface area contributed by atoms with Gasteiger partial charge in [-0.2, -0.15) is 13.2 Å². The summed E-state index contributed by atoms with van der Waals surface area (Å²) < 4.78 is 42.8. The molecule has 5 nitrogen and oxygen atoms in total. The van der Waals surface area contributed by atoms with Crippen LogP contribution in [0.2, 0.25) is 0 Å². The lowest BCUT2D eigenvalue weighted by molar-refractivity contribution is -0.205. The van der Waals surface area contributed by atoms with Gasteiger partial charge < -0.3 is 15.0 Å². The van der Waals surface area contributed by atoms with Gasteiger partial charge in [0.05, 0.1) is 12.2 Å². The van der Waals surface area contributed by atoms with Crippen LogP contribution in [0.4, 0.5) is 18.3 Å². The van der Waals surface area contributed by atoms with Crippen LogP contribution in [0.25, 0.3) is 11.3 Å². The Bertz CT molecular complexity index is 1020. The molecule has 1 aliphatic carbocycles. The molecular formula is C23H28F3N3O2S. The number of hydrogen-bond acceptors (Lipinski definition) is 6. The summed E-state index contributed by atoms with van der Waals surface area (Å²) in [6, 6.07) is 6.46. The number of hydrogen-bond donors (Lipinski definition) is 1. The van der Waals surface area contributed by atoms with Crippen molar-refractivity contribution in [3.05, 3.63) is 34.7 Å². The Morgan fingerprint density at radius 3 is 2.56 bits per heavy atom. The standard InChI is InChI=1S/C23H28F3N3O2S/c1-21(2)7-8-22(3,4)16-11-14(5-6-15(16)21)17-13-32-20(28-17)29-10-9-27-12-18(29)31-19(30)23(24,25)26/h5-6,11,13,18,27H,7-10,12H2,1-4H3. The highest BCUT2D eigenvalue weighted by Crippen LogP contribution is 2.47.